The Morgan fingerprint density at radius 2 is 1.68 bits per heavy atom. The lowest BCUT2D eigenvalue weighted by molar-refractivity contribution is -0.132. The van der Waals surface area contributed by atoms with Gasteiger partial charge in [0.05, 0.1) is 0 Å². The average Bonchev–Trinajstić information content (AvgIpc) is 2.32. The molecule has 0 aliphatic heterocycles. The van der Waals surface area contributed by atoms with Gasteiger partial charge in [0.1, 0.15) is 0 Å². The van der Waals surface area contributed by atoms with Gasteiger partial charge < -0.3 is 10.2 Å². The summed E-state index contributed by atoms with van der Waals surface area (Å²) >= 11 is 0. The van der Waals surface area contributed by atoms with Crippen LogP contribution in [0.5, 0.6) is 0 Å². The molecule has 1 aliphatic rings. The van der Waals surface area contributed by atoms with Gasteiger partial charge in [-0.15, -0.1) is 0 Å². The Kier molecular flexibility index (Phi) is 4.13. The van der Waals surface area contributed by atoms with Crippen molar-refractivity contribution in [2.75, 3.05) is 0 Å². The molecule has 0 heterocycles. The van der Waals surface area contributed by atoms with Gasteiger partial charge in [0, 0.05) is 11.1 Å². The fraction of sp³-hybridized carbons (Fsp3) is 0.333. The summed E-state index contributed by atoms with van der Waals surface area (Å²) in [7, 11) is 0. The van der Waals surface area contributed by atoms with E-state index in [-0.39, 0.29) is 11.4 Å². The fourth-order valence-corrected chi connectivity index (χ4v) is 1.62. The number of aliphatic carboxylic acids is 1. The molecule has 4 nitrogen and oxygen atoms in total. The number of ketones is 1. The quantitative estimate of drug-likeness (QED) is 0.555. The van der Waals surface area contributed by atoms with Crippen LogP contribution < -0.4 is 0 Å². The van der Waals surface area contributed by atoms with Crippen LogP contribution in [-0.4, -0.2) is 27.6 Å². The van der Waals surface area contributed by atoms with E-state index < -0.39 is 11.6 Å². The van der Waals surface area contributed by atoms with E-state index in [9.17, 15) is 14.7 Å². The molecule has 100 valence electrons. The minimum absolute atomic E-state index is 0.131. The Morgan fingerprint density at radius 1 is 1.21 bits per heavy atom. The van der Waals surface area contributed by atoms with E-state index in [1.807, 2.05) is 0 Å². The maximum Gasteiger partial charge on any atom is 0.332 e. The minimum Gasteiger partial charge on any atom is -0.478 e. The molecular weight excluding hydrogens is 244 g/mol. The number of carbonyl (C=O) groups excluding carboxylic acids is 1. The summed E-state index contributed by atoms with van der Waals surface area (Å²) in [5.41, 5.74) is -0.130. The third-order valence-electron chi connectivity index (χ3n) is 3.17. The maximum absolute atomic E-state index is 11.3. The highest BCUT2D eigenvalue weighted by atomic mass is 16.4. The molecule has 4 heteroatoms. The second-order valence-corrected chi connectivity index (χ2v) is 4.57. The highest BCUT2D eigenvalue weighted by Crippen LogP contribution is 2.28. The second kappa shape index (κ2) is 5.25. The molecule has 0 fully saturated rings. The number of rotatable bonds is 1. The number of hydrogen-bond acceptors (Lipinski definition) is 3. The summed E-state index contributed by atoms with van der Waals surface area (Å²) in [5, 5.41) is 19.3. The number of aliphatic hydroxyl groups is 1. The van der Waals surface area contributed by atoms with Crippen LogP contribution in [0.3, 0.4) is 0 Å². The van der Waals surface area contributed by atoms with Crippen molar-refractivity contribution in [1.29, 1.82) is 0 Å². The third-order valence-corrected chi connectivity index (χ3v) is 3.17. The molecule has 2 N–H and O–H groups in total. The second-order valence-electron chi connectivity index (χ2n) is 4.57. The van der Waals surface area contributed by atoms with Crippen molar-refractivity contribution in [2.24, 2.45) is 0 Å². The number of carboxylic acid groups (broad SMARTS) is 1. The van der Waals surface area contributed by atoms with Gasteiger partial charge in [-0.3, -0.25) is 4.79 Å². The van der Waals surface area contributed by atoms with Crippen LogP contribution in [0.1, 0.15) is 27.7 Å². The summed E-state index contributed by atoms with van der Waals surface area (Å²) in [5.74, 6) is 4.08. The van der Waals surface area contributed by atoms with Crippen molar-refractivity contribution >= 4 is 11.8 Å². The van der Waals surface area contributed by atoms with Gasteiger partial charge in [-0.2, -0.15) is 0 Å². The first-order valence-electron chi connectivity index (χ1n) is 5.76. The van der Waals surface area contributed by atoms with E-state index in [0.717, 1.165) is 0 Å². The number of carboxylic acids is 1. The number of allylic oxidation sites excluding steroid dienone is 3. The van der Waals surface area contributed by atoms with Gasteiger partial charge in [-0.05, 0) is 51.0 Å². The van der Waals surface area contributed by atoms with Gasteiger partial charge in [-0.25, -0.2) is 4.79 Å². The number of carbonyl (C=O) groups is 2. The summed E-state index contributed by atoms with van der Waals surface area (Å²) in [6.45, 7) is 6.26. The Hall–Kier alpha value is -2.12. The van der Waals surface area contributed by atoms with Crippen LogP contribution in [0.4, 0.5) is 0 Å². The van der Waals surface area contributed by atoms with E-state index in [1.165, 1.54) is 19.1 Å². The van der Waals surface area contributed by atoms with E-state index in [1.54, 1.807) is 20.8 Å². The zero-order valence-corrected chi connectivity index (χ0v) is 11.4. The van der Waals surface area contributed by atoms with Crippen LogP contribution in [-0.2, 0) is 9.59 Å². The summed E-state index contributed by atoms with van der Waals surface area (Å²) < 4.78 is 0. The van der Waals surface area contributed by atoms with Crippen molar-refractivity contribution in [2.45, 2.75) is 33.3 Å². The zero-order chi connectivity index (χ0) is 14.8. The highest BCUT2D eigenvalue weighted by Gasteiger charge is 2.32. The molecule has 0 atom stereocenters. The lowest BCUT2D eigenvalue weighted by Gasteiger charge is -2.26. The van der Waals surface area contributed by atoms with E-state index in [2.05, 4.69) is 11.8 Å². The summed E-state index contributed by atoms with van der Waals surface area (Å²) in [4.78, 5) is 22.1. The van der Waals surface area contributed by atoms with Gasteiger partial charge >= 0.3 is 5.97 Å². The molecule has 1 rings (SSSR count). The van der Waals surface area contributed by atoms with Gasteiger partial charge in [-0.1, -0.05) is 11.8 Å². The van der Waals surface area contributed by atoms with Crippen molar-refractivity contribution < 1.29 is 19.8 Å². The predicted octanol–water partition coefficient (Wildman–Crippen LogP) is 1.62. The lowest BCUT2D eigenvalue weighted by atomic mass is 9.83. The normalized spacial score (nSPS) is 18.7. The van der Waals surface area contributed by atoms with Crippen molar-refractivity contribution in [1.82, 2.24) is 0 Å². The predicted molar refractivity (Wildman–Crippen MR) is 71.3 cm³/mol. The summed E-state index contributed by atoms with van der Waals surface area (Å²) in [6, 6.07) is 0. The molecule has 0 aromatic heterocycles. The van der Waals surface area contributed by atoms with E-state index >= 15 is 0 Å². The lowest BCUT2D eigenvalue weighted by Crippen LogP contribution is -2.33. The molecule has 0 amide bonds. The van der Waals surface area contributed by atoms with E-state index in [4.69, 9.17) is 5.11 Å². The smallest absolute Gasteiger partial charge is 0.332 e. The maximum atomic E-state index is 11.3. The van der Waals surface area contributed by atoms with Crippen LogP contribution in [0.15, 0.2) is 34.4 Å². The first-order valence-corrected chi connectivity index (χ1v) is 5.76. The Labute approximate surface area is 112 Å². The molecule has 0 spiro atoms. The van der Waals surface area contributed by atoms with Crippen molar-refractivity contribution in [3.05, 3.63) is 34.4 Å². The molecule has 0 aromatic rings. The Morgan fingerprint density at radius 3 is 2.11 bits per heavy atom. The first-order chi connectivity index (χ1) is 8.68. The van der Waals surface area contributed by atoms with Crippen LogP contribution >= 0.6 is 0 Å². The SMILES string of the molecule is CC1=CC(=O)C=C(C)C1(O)C#C/C(C)=C(\C)C(=O)O. The average molecular weight is 260 g/mol. The Bertz CT molecular complexity index is 569. The van der Waals surface area contributed by atoms with Crippen LogP contribution in [0.25, 0.3) is 0 Å². The third kappa shape index (κ3) is 3.01. The molecule has 0 saturated heterocycles. The largest absolute Gasteiger partial charge is 0.478 e. The van der Waals surface area contributed by atoms with E-state index in [0.29, 0.717) is 16.7 Å². The fourth-order valence-electron chi connectivity index (χ4n) is 1.62. The van der Waals surface area contributed by atoms with Crippen LogP contribution in [0.2, 0.25) is 0 Å². The van der Waals surface area contributed by atoms with Crippen molar-refractivity contribution in [3.8, 4) is 11.8 Å². The van der Waals surface area contributed by atoms with Gasteiger partial charge in [0.2, 0.25) is 0 Å². The van der Waals surface area contributed by atoms with Gasteiger partial charge in [0.15, 0.2) is 11.4 Å². The van der Waals surface area contributed by atoms with Gasteiger partial charge in [0.25, 0.3) is 0 Å². The minimum atomic E-state index is -1.51. The molecular formula is C15H16O4. The first kappa shape index (κ1) is 14.9. The molecule has 0 unspecified atom stereocenters. The molecule has 0 bridgehead atoms. The molecule has 0 saturated carbocycles. The molecule has 1 aliphatic carbocycles. The Balaban J connectivity index is 3.23. The molecule has 19 heavy (non-hydrogen) atoms. The topological polar surface area (TPSA) is 74.6 Å². The van der Waals surface area contributed by atoms with Crippen LogP contribution in [0, 0.1) is 11.8 Å². The number of hydrogen-bond donors (Lipinski definition) is 2. The molecule has 0 radical (unpaired) electrons. The van der Waals surface area contributed by atoms with Crippen molar-refractivity contribution in [3.63, 3.8) is 0 Å². The highest BCUT2D eigenvalue weighted by molar-refractivity contribution is 6.02. The monoisotopic (exact) mass is 260 g/mol. The zero-order valence-electron chi connectivity index (χ0n) is 11.4. The molecule has 0 aromatic carbocycles. The summed E-state index contributed by atoms with van der Waals surface area (Å²) in [6.07, 6.45) is 2.65. The standard InChI is InChI=1S/C15H16O4/c1-9(12(4)14(17)18)5-6-15(19)10(2)7-13(16)8-11(15)3/h7-8,19H,1-4H3,(H,17,18)/b12-9+.